The Bertz CT molecular complexity index is 1280. The maximum absolute atomic E-state index is 15.1. The third-order valence-corrected chi connectivity index (χ3v) is 5.65. The lowest BCUT2D eigenvalue weighted by Crippen LogP contribution is -2.52. The van der Waals surface area contributed by atoms with Crippen LogP contribution in [0.3, 0.4) is 0 Å². The molecule has 2 atom stereocenters. The van der Waals surface area contributed by atoms with Crippen LogP contribution in [0.1, 0.15) is 50.7 Å². The van der Waals surface area contributed by atoms with E-state index >= 15 is 4.39 Å². The summed E-state index contributed by atoms with van der Waals surface area (Å²) in [6.45, 7) is -0.387. The summed E-state index contributed by atoms with van der Waals surface area (Å²) in [7, 11) is 0. The van der Waals surface area contributed by atoms with Gasteiger partial charge in [0.25, 0.3) is 11.8 Å². The molecule has 13 heteroatoms. The standard InChI is InChI=1S/C22H15F5N4O4/c23-14-2-1-7-28-18(14)13(22(25,26)27)8-29-19(33)11-4-3-10-12(17(11)24)9-31(21(10)35)15-5-6-16(32)30-20(15)34/h1-4,7-8,13,15H,5-6,9H2,(H,30,32,34). The lowest BCUT2D eigenvalue weighted by molar-refractivity contribution is -0.137. The van der Waals surface area contributed by atoms with Gasteiger partial charge in [0.2, 0.25) is 11.8 Å². The Morgan fingerprint density at radius 2 is 1.94 bits per heavy atom. The molecule has 0 aliphatic carbocycles. The van der Waals surface area contributed by atoms with Crippen LogP contribution in [0.25, 0.3) is 0 Å². The van der Waals surface area contributed by atoms with E-state index in [9.17, 15) is 36.7 Å². The fourth-order valence-corrected chi connectivity index (χ4v) is 3.92. The minimum atomic E-state index is -5.04. The fourth-order valence-electron chi connectivity index (χ4n) is 3.92. The highest BCUT2D eigenvalue weighted by Gasteiger charge is 2.43. The van der Waals surface area contributed by atoms with Crippen LogP contribution in [0.5, 0.6) is 0 Å². The van der Waals surface area contributed by atoms with Gasteiger partial charge in [-0.25, -0.2) is 13.8 Å². The molecule has 0 saturated carbocycles. The van der Waals surface area contributed by atoms with Crippen molar-refractivity contribution in [1.29, 1.82) is 0 Å². The Morgan fingerprint density at radius 1 is 1.20 bits per heavy atom. The second kappa shape index (κ2) is 8.96. The van der Waals surface area contributed by atoms with Crippen LogP contribution in [0.15, 0.2) is 35.5 Å². The Morgan fingerprint density at radius 3 is 2.60 bits per heavy atom. The Labute approximate surface area is 193 Å². The Balaban J connectivity index is 1.60. The van der Waals surface area contributed by atoms with E-state index in [2.05, 4.69) is 15.3 Å². The largest absolute Gasteiger partial charge is 0.402 e. The summed E-state index contributed by atoms with van der Waals surface area (Å²) in [5, 5.41) is 2.09. The molecule has 2 aromatic rings. The van der Waals surface area contributed by atoms with Crippen LogP contribution in [-0.4, -0.2) is 51.9 Å². The molecule has 182 valence electrons. The minimum absolute atomic E-state index is 0.0191. The predicted molar refractivity (Wildman–Crippen MR) is 108 cm³/mol. The number of carbonyl (C=O) groups excluding carboxylic acids is 4. The lowest BCUT2D eigenvalue weighted by Gasteiger charge is -2.29. The van der Waals surface area contributed by atoms with Crippen molar-refractivity contribution in [2.24, 2.45) is 4.99 Å². The van der Waals surface area contributed by atoms with Crippen molar-refractivity contribution in [1.82, 2.24) is 15.2 Å². The SMILES string of the molecule is O=C1CCC(N2Cc3c(ccc(C(=O)N=CC(c4ncccc4F)C(F)(F)F)c3F)C2=O)C(=O)N1. The van der Waals surface area contributed by atoms with Crippen molar-refractivity contribution in [3.8, 4) is 0 Å². The molecule has 2 unspecified atom stereocenters. The summed E-state index contributed by atoms with van der Waals surface area (Å²) >= 11 is 0. The summed E-state index contributed by atoms with van der Waals surface area (Å²) in [6.07, 6.45) is -3.94. The topological polar surface area (TPSA) is 109 Å². The molecule has 3 heterocycles. The number of fused-ring (bicyclic) bond motifs is 1. The van der Waals surface area contributed by atoms with E-state index < -0.39 is 64.7 Å². The van der Waals surface area contributed by atoms with Crippen molar-refractivity contribution in [2.45, 2.75) is 37.5 Å². The first kappa shape index (κ1) is 24.1. The third-order valence-electron chi connectivity index (χ3n) is 5.65. The molecule has 1 saturated heterocycles. The number of pyridine rings is 1. The number of aliphatic imine (C=N–C) groups is 1. The number of nitrogens with zero attached hydrogens (tertiary/aromatic N) is 3. The minimum Gasteiger partial charge on any atom is -0.322 e. The molecule has 0 radical (unpaired) electrons. The predicted octanol–water partition coefficient (Wildman–Crippen LogP) is 2.68. The van der Waals surface area contributed by atoms with Crippen LogP contribution < -0.4 is 5.32 Å². The second-order valence-corrected chi connectivity index (χ2v) is 7.83. The zero-order chi connectivity index (χ0) is 25.5. The number of benzene rings is 1. The molecule has 4 amide bonds. The molecular weight excluding hydrogens is 479 g/mol. The number of rotatable bonds is 4. The number of aromatic nitrogens is 1. The van der Waals surface area contributed by atoms with Gasteiger partial charge in [-0.15, -0.1) is 0 Å². The monoisotopic (exact) mass is 494 g/mol. The molecule has 35 heavy (non-hydrogen) atoms. The number of imide groups is 1. The van der Waals surface area contributed by atoms with Crippen LogP contribution in [0.2, 0.25) is 0 Å². The number of halogens is 5. The molecular formula is C22H15F5N4O4. The van der Waals surface area contributed by atoms with E-state index in [0.717, 1.165) is 35.4 Å². The summed E-state index contributed by atoms with van der Waals surface area (Å²) < 4.78 is 69.3. The van der Waals surface area contributed by atoms with E-state index in [1.165, 1.54) is 0 Å². The van der Waals surface area contributed by atoms with Gasteiger partial charge in [0.15, 0.2) is 0 Å². The maximum atomic E-state index is 15.1. The number of nitrogens with one attached hydrogen (secondary N) is 1. The molecule has 8 nitrogen and oxygen atoms in total. The summed E-state index contributed by atoms with van der Waals surface area (Å²) in [6, 6.07) is 2.83. The quantitative estimate of drug-likeness (QED) is 0.400. The van der Waals surface area contributed by atoms with Crippen LogP contribution in [-0.2, 0) is 16.1 Å². The van der Waals surface area contributed by atoms with Crippen LogP contribution in [0, 0.1) is 11.6 Å². The molecule has 1 fully saturated rings. The number of hydrogen-bond donors (Lipinski definition) is 1. The van der Waals surface area contributed by atoms with Crippen molar-refractivity contribution < 1.29 is 41.1 Å². The molecule has 1 aromatic heterocycles. The zero-order valence-corrected chi connectivity index (χ0v) is 17.6. The van der Waals surface area contributed by atoms with Gasteiger partial charge in [0.1, 0.15) is 23.6 Å². The van der Waals surface area contributed by atoms with Gasteiger partial charge in [-0.05, 0) is 30.7 Å². The Kier molecular flexibility index (Phi) is 6.17. The Hall–Kier alpha value is -4.03. The molecule has 4 rings (SSSR count). The van der Waals surface area contributed by atoms with Gasteiger partial charge in [-0.1, -0.05) is 0 Å². The van der Waals surface area contributed by atoms with E-state index in [1.54, 1.807) is 0 Å². The van der Waals surface area contributed by atoms with E-state index in [-0.39, 0.29) is 36.7 Å². The highest BCUT2D eigenvalue weighted by atomic mass is 19.4. The molecule has 2 aliphatic heterocycles. The number of hydrogen-bond acceptors (Lipinski definition) is 5. The molecule has 1 N–H and O–H groups in total. The zero-order valence-electron chi connectivity index (χ0n) is 17.6. The first-order valence-corrected chi connectivity index (χ1v) is 10.2. The van der Waals surface area contributed by atoms with Gasteiger partial charge < -0.3 is 4.90 Å². The second-order valence-electron chi connectivity index (χ2n) is 7.83. The number of alkyl halides is 3. The van der Waals surface area contributed by atoms with E-state index in [0.29, 0.717) is 0 Å². The van der Waals surface area contributed by atoms with Gasteiger partial charge >= 0.3 is 6.18 Å². The van der Waals surface area contributed by atoms with Gasteiger partial charge in [-0.3, -0.25) is 29.5 Å². The number of carbonyl (C=O) groups is 4. The van der Waals surface area contributed by atoms with Gasteiger partial charge in [0.05, 0.1) is 17.8 Å². The first-order valence-electron chi connectivity index (χ1n) is 10.2. The fraction of sp³-hybridized carbons (Fsp3) is 0.273. The molecule has 0 spiro atoms. The van der Waals surface area contributed by atoms with Crippen molar-refractivity contribution >= 4 is 29.8 Å². The summed E-state index contributed by atoms with van der Waals surface area (Å²) in [5.41, 5.74) is -2.07. The lowest BCUT2D eigenvalue weighted by atomic mass is 10.0. The summed E-state index contributed by atoms with van der Waals surface area (Å²) in [5.74, 6) is -8.40. The normalized spacial score (nSPS) is 19.2. The van der Waals surface area contributed by atoms with Gasteiger partial charge in [-0.2, -0.15) is 13.2 Å². The number of piperidine rings is 1. The van der Waals surface area contributed by atoms with E-state index in [4.69, 9.17) is 0 Å². The van der Waals surface area contributed by atoms with Crippen LogP contribution >= 0.6 is 0 Å². The highest BCUT2D eigenvalue weighted by Crippen LogP contribution is 2.34. The van der Waals surface area contributed by atoms with Crippen molar-refractivity contribution in [3.05, 3.63) is 64.5 Å². The maximum Gasteiger partial charge on any atom is 0.402 e. The molecule has 1 aromatic carbocycles. The smallest absolute Gasteiger partial charge is 0.322 e. The number of amides is 4. The third kappa shape index (κ3) is 4.53. The molecule has 0 bridgehead atoms. The van der Waals surface area contributed by atoms with Gasteiger partial charge in [0, 0.05) is 30.0 Å². The first-order chi connectivity index (χ1) is 16.5. The van der Waals surface area contributed by atoms with Crippen molar-refractivity contribution in [3.63, 3.8) is 0 Å². The summed E-state index contributed by atoms with van der Waals surface area (Å²) in [4.78, 5) is 56.2. The van der Waals surface area contributed by atoms with E-state index in [1.807, 2.05) is 0 Å². The average Bonchev–Trinajstić information content (AvgIpc) is 3.11. The highest BCUT2D eigenvalue weighted by molar-refractivity contribution is 6.06. The molecule has 2 aliphatic rings. The van der Waals surface area contributed by atoms with Crippen LogP contribution in [0.4, 0.5) is 22.0 Å². The average molecular weight is 494 g/mol. The van der Waals surface area contributed by atoms with Crippen molar-refractivity contribution in [2.75, 3.05) is 0 Å².